The van der Waals surface area contributed by atoms with Crippen LogP contribution < -0.4 is 5.32 Å². The Labute approximate surface area is 74.1 Å². The van der Waals surface area contributed by atoms with Crippen LogP contribution in [0.1, 0.15) is 19.8 Å². The van der Waals surface area contributed by atoms with Crippen LogP contribution in [0.3, 0.4) is 0 Å². The number of carbonyl (C=O) groups is 1. The molecule has 0 bridgehead atoms. The summed E-state index contributed by atoms with van der Waals surface area (Å²) in [4.78, 5) is 12.7. The second-order valence-electron chi connectivity index (χ2n) is 4.20. The predicted octanol–water partition coefficient (Wildman–Crippen LogP) is 0.464. The van der Waals surface area contributed by atoms with Gasteiger partial charge in [0.25, 0.3) is 0 Å². The Morgan fingerprint density at radius 3 is 2.50 bits per heavy atom. The Bertz CT molecular complexity index is 173. The fourth-order valence-corrected chi connectivity index (χ4v) is 1.02. The van der Waals surface area contributed by atoms with Gasteiger partial charge in [-0.25, -0.2) is 0 Å². The molecule has 0 aromatic carbocycles. The zero-order valence-corrected chi connectivity index (χ0v) is 8.18. The minimum atomic E-state index is 0.152. The second-order valence-corrected chi connectivity index (χ2v) is 4.20. The van der Waals surface area contributed by atoms with E-state index in [9.17, 15) is 4.79 Å². The molecule has 1 aliphatic carbocycles. The molecule has 3 heteroatoms. The summed E-state index contributed by atoms with van der Waals surface area (Å²) < 4.78 is 0. The third kappa shape index (κ3) is 2.81. The van der Waals surface area contributed by atoms with Crippen LogP contribution in [-0.2, 0) is 4.79 Å². The lowest BCUT2D eigenvalue weighted by atomic mass is 10.1. The summed E-state index contributed by atoms with van der Waals surface area (Å²) in [6, 6.07) is 0. The fourth-order valence-electron chi connectivity index (χ4n) is 1.02. The van der Waals surface area contributed by atoms with Crippen LogP contribution in [0.5, 0.6) is 0 Å². The summed E-state index contributed by atoms with van der Waals surface area (Å²) in [6.07, 6.45) is 2.60. The highest BCUT2D eigenvalue weighted by molar-refractivity contribution is 5.77. The molecule has 0 atom stereocenters. The maximum atomic E-state index is 11.1. The second kappa shape index (κ2) is 3.44. The van der Waals surface area contributed by atoms with Crippen molar-refractivity contribution >= 4 is 5.91 Å². The zero-order chi connectivity index (χ0) is 9.19. The van der Waals surface area contributed by atoms with Gasteiger partial charge >= 0.3 is 0 Å². The first-order valence-electron chi connectivity index (χ1n) is 4.44. The highest BCUT2D eigenvalue weighted by atomic mass is 16.2. The molecule has 0 radical (unpaired) electrons. The molecule has 3 nitrogen and oxygen atoms in total. The van der Waals surface area contributed by atoms with Crippen molar-refractivity contribution in [2.75, 3.05) is 27.2 Å². The molecule has 1 saturated carbocycles. The minimum Gasteiger partial charge on any atom is -0.348 e. The molecule has 70 valence electrons. The van der Waals surface area contributed by atoms with E-state index >= 15 is 0 Å². The van der Waals surface area contributed by atoms with Crippen LogP contribution in [0, 0.1) is 5.41 Å². The third-order valence-electron chi connectivity index (χ3n) is 2.43. The number of nitrogens with one attached hydrogen (secondary N) is 1. The highest BCUT2D eigenvalue weighted by Crippen LogP contribution is 2.43. The molecule has 0 heterocycles. The maximum absolute atomic E-state index is 11.1. The van der Waals surface area contributed by atoms with Crippen molar-refractivity contribution in [1.29, 1.82) is 0 Å². The predicted molar refractivity (Wildman–Crippen MR) is 48.9 cm³/mol. The first-order chi connectivity index (χ1) is 5.53. The normalized spacial score (nSPS) is 18.9. The van der Waals surface area contributed by atoms with E-state index in [1.165, 1.54) is 12.8 Å². The van der Waals surface area contributed by atoms with E-state index in [0.29, 0.717) is 12.0 Å². The van der Waals surface area contributed by atoms with Crippen molar-refractivity contribution in [3.8, 4) is 0 Å². The lowest BCUT2D eigenvalue weighted by Gasteiger charge is -2.13. The Kier molecular flexibility index (Phi) is 2.73. The van der Waals surface area contributed by atoms with Crippen LogP contribution >= 0.6 is 0 Å². The van der Waals surface area contributed by atoms with E-state index in [2.05, 4.69) is 12.2 Å². The molecule has 1 N–H and O–H groups in total. The van der Waals surface area contributed by atoms with E-state index in [0.717, 1.165) is 6.54 Å². The minimum absolute atomic E-state index is 0.152. The quantitative estimate of drug-likeness (QED) is 0.665. The van der Waals surface area contributed by atoms with Gasteiger partial charge in [-0.3, -0.25) is 4.79 Å². The zero-order valence-electron chi connectivity index (χ0n) is 8.18. The summed E-state index contributed by atoms with van der Waals surface area (Å²) in [7, 11) is 3.56. The summed E-state index contributed by atoms with van der Waals surface area (Å²) in [6.45, 7) is 3.70. The van der Waals surface area contributed by atoms with Gasteiger partial charge < -0.3 is 10.2 Å². The van der Waals surface area contributed by atoms with Gasteiger partial charge in [0.05, 0.1) is 6.54 Å². The number of carbonyl (C=O) groups excluding carboxylic acids is 1. The molecular formula is C9H18N2O. The van der Waals surface area contributed by atoms with Crippen LogP contribution in [-0.4, -0.2) is 38.0 Å². The van der Waals surface area contributed by atoms with Crippen molar-refractivity contribution in [2.45, 2.75) is 19.8 Å². The average molecular weight is 170 g/mol. The topological polar surface area (TPSA) is 32.3 Å². The van der Waals surface area contributed by atoms with Crippen LogP contribution in [0.25, 0.3) is 0 Å². The SMILES string of the molecule is CN(C)C(=O)CNCC1(C)CC1. The van der Waals surface area contributed by atoms with Gasteiger partial charge in [-0.2, -0.15) is 0 Å². The van der Waals surface area contributed by atoms with Crippen LogP contribution in [0.2, 0.25) is 0 Å². The van der Waals surface area contributed by atoms with Gasteiger partial charge in [0.2, 0.25) is 5.91 Å². The van der Waals surface area contributed by atoms with Crippen molar-refractivity contribution in [2.24, 2.45) is 5.41 Å². The van der Waals surface area contributed by atoms with Crippen molar-refractivity contribution < 1.29 is 4.79 Å². The molecule has 0 unspecified atom stereocenters. The maximum Gasteiger partial charge on any atom is 0.236 e. The van der Waals surface area contributed by atoms with E-state index in [4.69, 9.17) is 0 Å². The van der Waals surface area contributed by atoms with Gasteiger partial charge in [-0.15, -0.1) is 0 Å². The average Bonchev–Trinajstić information content (AvgIpc) is 2.68. The Balaban J connectivity index is 2.06. The van der Waals surface area contributed by atoms with E-state index in [1.54, 1.807) is 19.0 Å². The lowest BCUT2D eigenvalue weighted by molar-refractivity contribution is -0.127. The summed E-state index contributed by atoms with van der Waals surface area (Å²) >= 11 is 0. The Hall–Kier alpha value is -0.570. The number of likely N-dealkylation sites (N-methyl/N-ethyl adjacent to an activating group) is 1. The van der Waals surface area contributed by atoms with Crippen LogP contribution in [0.4, 0.5) is 0 Å². The highest BCUT2D eigenvalue weighted by Gasteiger charge is 2.36. The summed E-state index contributed by atoms with van der Waals surface area (Å²) in [5.74, 6) is 0.152. The van der Waals surface area contributed by atoms with Gasteiger partial charge in [0.15, 0.2) is 0 Å². The molecule has 0 aromatic heterocycles. The van der Waals surface area contributed by atoms with Crippen molar-refractivity contribution in [3.05, 3.63) is 0 Å². The molecule has 0 spiro atoms. The molecule has 12 heavy (non-hydrogen) atoms. The number of hydrogen-bond acceptors (Lipinski definition) is 2. The molecule has 0 aliphatic heterocycles. The smallest absolute Gasteiger partial charge is 0.236 e. The molecule has 1 amide bonds. The molecule has 1 aliphatic rings. The summed E-state index contributed by atoms with van der Waals surface area (Å²) in [5, 5.41) is 3.18. The molecule has 0 saturated heterocycles. The molecule has 1 rings (SSSR count). The van der Waals surface area contributed by atoms with Gasteiger partial charge in [-0.05, 0) is 18.3 Å². The van der Waals surface area contributed by atoms with E-state index < -0.39 is 0 Å². The lowest BCUT2D eigenvalue weighted by Crippen LogP contribution is -2.35. The van der Waals surface area contributed by atoms with Crippen LogP contribution in [0.15, 0.2) is 0 Å². The molecule has 1 fully saturated rings. The number of amides is 1. The standard InChI is InChI=1S/C9H18N2O/c1-9(4-5-9)7-10-6-8(12)11(2)3/h10H,4-7H2,1-3H3. The number of rotatable bonds is 4. The Morgan fingerprint density at radius 1 is 1.50 bits per heavy atom. The van der Waals surface area contributed by atoms with E-state index in [-0.39, 0.29) is 5.91 Å². The van der Waals surface area contributed by atoms with Gasteiger partial charge in [0.1, 0.15) is 0 Å². The monoisotopic (exact) mass is 170 g/mol. The first-order valence-corrected chi connectivity index (χ1v) is 4.44. The van der Waals surface area contributed by atoms with Gasteiger partial charge in [-0.1, -0.05) is 6.92 Å². The fraction of sp³-hybridized carbons (Fsp3) is 0.889. The van der Waals surface area contributed by atoms with Crippen molar-refractivity contribution in [3.63, 3.8) is 0 Å². The number of nitrogens with zero attached hydrogens (tertiary/aromatic N) is 1. The third-order valence-corrected chi connectivity index (χ3v) is 2.43. The van der Waals surface area contributed by atoms with Crippen molar-refractivity contribution in [1.82, 2.24) is 10.2 Å². The Morgan fingerprint density at radius 2 is 2.08 bits per heavy atom. The van der Waals surface area contributed by atoms with Gasteiger partial charge in [0, 0.05) is 20.6 Å². The summed E-state index contributed by atoms with van der Waals surface area (Å²) in [5.41, 5.74) is 0.493. The molecular weight excluding hydrogens is 152 g/mol. The number of hydrogen-bond donors (Lipinski definition) is 1. The molecule has 0 aromatic rings. The van der Waals surface area contributed by atoms with E-state index in [1.807, 2.05) is 0 Å². The first kappa shape index (κ1) is 9.52. The largest absolute Gasteiger partial charge is 0.348 e.